The SMILES string of the molecule is Cc1cc(-c2nccn2C)nc([C@H]2CCCN2S(=O)(=O)N(C)C)n1. The van der Waals surface area contributed by atoms with Crippen LogP contribution in [0.15, 0.2) is 18.5 Å². The Kier molecular flexibility index (Phi) is 4.41. The molecule has 9 heteroatoms. The van der Waals surface area contributed by atoms with E-state index < -0.39 is 10.2 Å². The minimum absolute atomic E-state index is 0.337. The predicted octanol–water partition coefficient (Wildman–Crippen LogP) is 1.13. The van der Waals surface area contributed by atoms with Crippen molar-refractivity contribution in [3.05, 3.63) is 30.0 Å². The van der Waals surface area contributed by atoms with Gasteiger partial charge < -0.3 is 4.57 Å². The van der Waals surface area contributed by atoms with Crippen LogP contribution in [-0.2, 0) is 17.3 Å². The Morgan fingerprint density at radius 1 is 1.29 bits per heavy atom. The minimum atomic E-state index is -3.50. The summed E-state index contributed by atoms with van der Waals surface area (Å²) < 4.78 is 29.7. The monoisotopic (exact) mass is 350 g/mol. The molecular weight excluding hydrogens is 328 g/mol. The molecule has 0 unspecified atom stereocenters. The fourth-order valence-corrected chi connectivity index (χ4v) is 4.25. The van der Waals surface area contributed by atoms with Crippen molar-refractivity contribution < 1.29 is 8.42 Å². The van der Waals surface area contributed by atoms with Gasteiger partial charge in [0.25, 0.3) is 10.2 Å². The first-order chi connectivity index (χ1) is 11.3. The zero-order valence-corrected chi connectivity index (χ0v) is 15.2. The van der Waals surface area contributed by atoms with Gasteiger partial charge in [0.1, 0.15) is 11.5 Å². The largest absolute Gasteiger partial charge is 0.333 e. The van der Waals surface area contributed by atoms with E-state index in [9.17, 15) is 8.42 Å². The molecule has 130 valence electrons. The fourth-order valence-electron chi connectivity index (χ4n) is 2.95. The minimum Gasteiger partial charge on any atom is -0.333 e. The van der Waals surface area contributed by atoms with Crippen molar-refractivity contribution in [1.29, 1.82) is 0 Å². The maximum absolute atomic E-state index is 12.5. The predicted molar refractivity (Wildman–Crippen MR) is 90.3 cm³/mol. The van der Waals surface area contributed by atoms with Gasteiger partial charge in [0.05, 0.1) is 6.04 Å². The van der Waals surface area contributed by atoms with Crippen molar-refractivity contribution in [1.82, 2.24) is 28.1 Å². The van der Waals surface area contributed by atoms with Crippen LogP contribution in [0.3, 0.4) is 0 Å². The van der Waals surface area contributed by atoms with Crippen molar-refractivity contribution in [2.45, 2.75) is 25.8 Å². The van der Waals surface area contributed by atoms with Gasteiger partial charge in [-0.2, -0.15) is 17.0 Å². The third kappa shape index (κ3) is 2.94. The average molecular weight is 350 g/mol. The van der Waals surface area contributed by atoms with Crippen LogP contribution in [0.1, 0.15) is 30.4 Å². The summed E-state index contributed by atoms with van der Waals surface area (Å²) in [6, 6.07) is 1.53. The van der Waals surface area contributed by atoms with Crippen molar-refractivity contribution in [3.63, 3.8) is 0 Å². The van der Waals surface area contributed by atoms with Crippen molar-refractivity contribution in [2.24, 2.45) is 7.05 Å². The summed E-state index contributed by atoms with van der Waals surface area (Å²) in [6.45, 7) is 2.37. The first-order valence-corrected chi connectivity index (χ1v) is 9.23. The molecule has 1 aliphatic heterocycles. The summed E-state index contributed by atoms with van der Waals surface area (Å²) in [4.78, 5) is 13.5. The third-order valence-electron chi connectivity index (χ3n) is 4.18. The number of aromatic nitrogens is 4. The highest BCUT2D eigenvalue weighted by molar-refractivity contribution is 7.86. The smallest absolute Gasteiger partial charge is 0.282 e. The Bertz CT molecular complexity index is 845. The second-order valence-corrected chi connectivity index (χ2v) is 8.27. The second kappa shape index (κ2) is 6.23. The van der Waals surface area contributed by atoms with E-state index in [-0.39, 0.29) is 6.04 Å². The van der Waals surface area contributed by atoms with Crippen LogP contribution in [0.25, 0.3) is 11.5 Å². The molecule has 8 nitrogen and oxygen atoms in total. The summed E-state index contributed by atoms with van der Waals surface area (Å²) in [7, 11) is 1.49. The van der Waals surface area contributed by atoms with Gasteiger partial charge in [-0.25, -0.2) is 15.0 Å². The highest BCUT2D eigenvalue weighted by Gasteiger charge is 2.38. The van der Waals surface area contributed by atoms with E-state index in [1.807, 2.05) is 30.8 Å². The zero-order valence-electron chi connectivity index (χ0n) is 14.3. The molecule has 0 aromatic carbocycles. The van der Waals surface area contributed by atoms with Gasteiger partial charge in [-0.15, -0.1) is 0 Å². The molecule has 3 heterocycles. The van der Waals surface area contributed by atoms with E-state index in [1.165, 1.54) is 8.61 Å². The summed E-state index contributed by atoms with van der Waals surface area (Å²) in [6.07, 6.45) is 5.08. The van der Waals surface area contributed by atoms with Crippen LogP contribution in [0.5, 0.6) is 0 Å². The molecule has 0 bridgehead atoms. The Morgan fingerprint density at radius 2 is 2.04 bits per heavy atom. The lowest BCUT2D eigenvalue weighted by atomic mass is 10.2. The molecule has 0 N–H and O–H groups in total. The van der Waals surface area contributed by atoms with Gasteiger partial charge >= 0.3 is 0 Å². The molecule has 3 rings (SSSR count). The molecule has 0 saturated carbocycles. The van der Waals surface area contributed by atoms with E-state index in [0.717, 1.165) is 24.4 Å². The molecule has 0 spiro atoms. The highest BCUT2D eigenvalue weighted by Crippen LogP contribution is 2.33. The average Bonchev–Trinajstić information content (AvgIpc) is 3.15. The molecule has 1 saturated heterocycles. The van der Waals surface area contributed by atoms with Crippen LogP contribution in [0.2, 0.25) is 0 Å². The van der Waals surface area contributed by atoms with E-state index in [0.29, 0.717) is 18.1 Å². The van der Waals surface area contributed by atoms with Gasteiger partial charge in [-0.1, -0.05) is 0 Å². The Balaban J connectivity index is 2.03. The number of hydrogen-bond acceptors (Lipinski definition) is 5. The van der Waals surface area contributed by atoms with Crippen LogP contribution >= 0.6 is 0 Å². The number of imidazole rings is 1. The normalized spacial score (nSPS) is 19.3. The first-order valence-electron chi connectivity index (χ1n) is 7.83. The van der Waals surface area contributed by atoms with Crippen LogP contribution in [0.4, 0.5) is 0 Å². The molecule has 0 radical (unpaired) electrons. The standard InChI is InChI=1S/C15H22N6O2S/c1-11-10-12(15-16-7-9-20(15)4)18-14(17-11)13-6-5-8-21(13)24(22,23)19(2)3/h7,9-10,13H,5-6,8H2,1-4H3/t13-/m1/s1. The highest BCUT2D eigenvalue weighted by atomic mass is 32.2. The molecule has 0 amide bonds. The zero-order chi connectivity index (χ0) is 17.5. The molecule has 1 fully saturated rings. The number of rotatable bonds is 4. The summed E-state index contributed by atoms with van der Waals surface area (Å²) in [5.74, 6) is 1.28. The molecule has 1 atom stereocenters. The molecule has 0 aliphatic carbocycles. The molecular formula is C15H22N6O2S. The Hall–Kier alpha value is -1.84. The maximum atomic E-state index is 12.5. The molecule has 24 heavy (non-hydrogen) atoms. The molecule has 1 aliphatic rings. The van der Waals surface area contributed by atoms with Gasteiger partial charge in [-0.05, 0) is 25.8 Å². The number of nitrogens with zero attached hydrogens (tertiary/aromatic N) is 6. The molecule has 2 aromatic heterocycles. The van der Waals surface area contributed by atoms with Gasteiger partial charge in [0, 0.05) is 45.8 Å². The Morgan fingerprint density at radius 3 is 2.67 bits per heavy atom. The van der Waals surface area contributed by atoms with E-state index >= 15 is 0 Å². The van der Waals surface area contributed by atoms with Crippen molar-refractivity contribution in [3.8, 4) is 11.5 Å². The molecule has 2 aromatic rings. The topological polar surface area (TPSA) is 84.2 Å². The number of aryl methyl sites for hydroxylation is 2. The fraction of sp³-hybridized carbons (Fsp3) is 0.533. The summed E-state index contributed by atoms with van der Waals surface area (Å²) in [5, 5.41) is 0. The third-order valence-corrected chi connectivity index (χ3v) is 6.13. The van der Waals surface area contributed by atoms with Crippen LogP contribution in [0, 0.1) is 6.92 Å². The van der Waals surface area contributed by atoms with Crippen LogP contribution in [-0.4, -0.2) is 57.2 Å². The van der Waals surface area contributed by atoms with Gasteiger partial charge in [0.2, 0.25) is 0 Å². The summed E-state index contributed by atoms with van der Waals surface area (Å²) >= 11 is 0. The van der Waals surface area contributed by atoms with Gasteiger partial charge in [0.15, 0.2) is 5.82 Å². The van der Waals surface area contributed by atoms with Crippen molar-refractivity contribution in [2.75, 3.05) is 20.6 Å². The Labute approximate surface area is 142 Å². The van der Waals surface area contributed by atoms with E-state index in [2.05, 4.69) is 15.0 Å². The van der Waals surface area contributed by atoms with Gasteiger partial charge in [-0.3, -0.25) is 0 Å². The van der Waals surface area contributed by atoms with E-state index in [4.69, 9.17) is 0 Å². The number of hydrogen-bond donors (Lipinski definition) is 0. The lowest BCUT2D eigenvalue weighted by molar-refractivity contribution is 0.352. The lowest BCUT2D eigenvalue weighted by Gasteiger charge is -2.26. The van der Waals surface area contributed by atoms with Crippen LogP contribution < -0.4 is 0 Å². The second-order valence-electron chi connectivity index (χ2n) is 6.17. The summed E-state index contributed by atoms with van der Waals surface area (Å²) in [5.41, 5.74) is 1.51. The quantitative estimate of drug-likeness (QED) is 0.825. The first kappa shape index (κ1) is 17.0. The maximum Gasteiger partial charge on any atom is 0.282 e. The van der Waals surface area contributed by atoms with Crippen molar-refractivity contribution >= 4 is 10.2 Å². The van der Waals surface area contributed by atoms with E-state index in [1.54, 1.807) is 20.3 Å². The lowest BCUT2D eigenvalue weighted by Crippen LogP contribution is -2.40.